The van der Waals surface area contributed by atoms with Crippen LogP contribution in [0.2, 0.25) is 0 Å². The molecule has 0 aliphatic heterocycles. The molecule has 29 heavy (non-hydrogen) atoms. The minimum absolute atomic E-state index is 0.125. The average Bonchev–Trinajstić information content (AvgIpc) is 2.74. The summed E-state index contributed by atoms with van der Waals surface area (Å²) < 4.78 is 0. The minimum atomic E-state index is -0.292. The zero-order valence-electron chi connectivity index (χ0n) is 20.0. The fourth-order valence-corrected chi connectivity index (χ4v) is 4.56. The molecule has 0 fully saturated rings. The Balaban J connectivity index is 3.71. The van der Waals surface area contributed by atoms with Crippen LogP contribution in [-0.2, 0) is 0 Å². The van der Waals surface area contributed by atoms with Gasteiger partial charge in [0.25, 0.3) is 0 Å². The van der Waals surface area contributed by atoms with Crippen LogP contribution in [0.25, 0.3) is 0 Å². The van der Waals surface area contributed by atoms with Gasteiger partial charge in [-0.25, -0.2) is 0 Å². The Labute approximate surface area is 182 Å². The summed E-state index contributed by atoms with van der Waals surface area (Å²) in [4.78, 5) is 0. The van der Waals surface area contributed by atoms with Gasteiger partial charge in [-0.2, -0.15) is 5.06 Å². The molecule has 1 unspecified atom stereocenters. The lowest BCUT2D eigenvalue weighted by Crippen LogP contribution is -2.48. The first-order valence-electron chi connectivity index (χ1n) is 12.9. The van der Waals surface area contributed by atoms with Gasteiger partial charge in [-0.15, -0.1) is 0 Å². The van der Waals surface area contributed by atoms with Crippen LogP contribution < -0.4 is 5.73 Å². The van der Waals surface area contributed by atoms with Gasteiger partial charge in [0.15, 0.2) is 0 Å². The van der Waals surface area contributed by atoms with Gasteiger partial charge in [-0.1, -0.05) is 110 Å². The highest BCUT2D eigenvalue weighted by Crippen LogP contribution is 2.30. The van der Waals surface area contributed by atoms with Crippen molar-refractivity contribution >= 4 is 0 Å². The van der Waals surface area contributed by atoms with E-state index < -0.39 is 0 Å². The summed E-state index contributed by atoms with van der Waals surface area (Å²) in [6, 6.07) is 0. The molecule has 0 aliphatic carbocycles. The van der Waals surface area contributed by atoms with Crippen LogP contribution in [-0.4, -0.2) is 40.6 Å². The van der Waals surface area contributed by atoms with Crippen LogP contribution in [0.15, 0.2) is 0 Å². The Morgan fingerprint density at radius 1 is 0.621 bits per heavy atom. The van der Waals surface area contributed by atoms with Gasteiger partial charge < -0.3 is 16.0 Å². The molecular formula is C25H54N2O2. The lowest BCUT2D eigenvalue weighted by molar-refractivity contribution is -0.183. The average molecular weight is 415 g/mol. The zero-order valence-corrected chi connectivity index (χ0v) is 20.0. The summed E-state index contributed by atoms with van der Waals surface area (Å²) >= 11 is 0. The van der Waals surface area contributed by atoms with Crippen LogP contribution >= 0.6 is 0 Å². The molecule has 0 amide bonds. The van der Waals surface area contributed by atoms with Gasteiger partial charge in [0.05, 0.1) is 0 Å². The first-order valence-corrected chi connectivity index (χ1v) is 12.9. The van der Waals surface area contributed by atoms with Crippen molar-refractivity contribution in [3.05, 3.63) is 0 Å². The van der Waals surface area contributed by atoms with E-state index in [9.17, 15) is 10.3 Å². The molecule has 0 aromatic heterocycles. The first kappa shape index (κ1) is 28.8. The standard InChI is InChI=1S/C25H54N2O2/c1-3-5-6-7-8-9-10-11-12-13-14-15-16-17-18-20-25(22-24-28,21-19-23-26)27(29)4-2/h28-29H,3-24,26H2,1-2H3. The van der Waals surface area contributed by atoms with Crippen molar-refractivity contribution in [1.29, 1.82) is 0 Å². The van der Waals surface area contributed by atoms with Crippen molar-refractivity contribution in [2.24, 2.45) is 5.73 Å². The Hall–Kier alpha value is -0.160. The molecule has 0 radical (unpaired) electrons. The summed E-state index contributed by atoms with van der Waals surface area (Å²) in [6.07, 6.45) is 23.8. The van der Waals surface area contributed by atoms with E-state index in [-0.39, 0.29) is 12.1 Å². The maximum absolute atomic E-state index is 10.4. The summed E-state index contributed by atoms with van der Waals surface area (Å²) in [5, 5.41) is 21.4. The molecular weight excluding hydrogens is 360 g/mol. The van der Waals surface area contributed by atoms with E-state index in [4.69, 9.17) is 5.73 Å². The summed E-state index contributed by atoms with van der Waals surface area (Å²) in [7, 11) is 0. The molecule has 0 spiro atoms. The van der Waals surface area contributed by atoms with Crippen molar-refractivity contribution in [2.45, 2.75) is 141 Å². The van der Waals surface area contributed by atoms with E-state index >= 15 is 0 Å². The maximum atomic E-state index is 10.4. The predicted octanol–water partition coefficient (Wildman–Crippen LogP) is 6.82. The lowest BCUT2D eigenvalue weighted by Gasteiger charge is -2.40. The quantitative estimate of drug-likeness (QED) is 0.127. The third-order valence-corrected chi connectivity index (χ3v) is 6.52. The topological polar surface area (TPSA) is 69.7 Å². The third kappa shape index (κ3) is 15.3. The number of hydrogen-bond acceptors (Lipinski definition) is 4. The highest BCUT2D eigenvalue weighted by atomic mass is 16.5. The van der Waals surface area contributed by atoms with E-state index in [0.29, 0.717) is 19.5 Å². The van der Waals surface area contributed by atoms with Crippen molar-refractivity contribution in [1.82, 2.24) is 5.06 Å². The molecule has 0 aromatic rings. The van der Waals surface area contributed by atoms with Crippen LogP contribution in [0.4, 0.5) is 0 Å². The highest BCUT2D eigenvalue weighted by molar-refractivity contribution is 4.86. The van der Waals surface area contributed by atoms with E-state index in [0.717, 1.165) is 25.7 Å². The molecule has 0 bridgehead atoms. The molecule has 0 rings (SSSR count). The van der Waals surface area contributed by atoms with Crippen molar-refractivity contribution in [3.8, 4) is 0 Å². The number of nitrogens with two attached hydrogens (primary N) is 1. The molecule has 0 heterocycles. The van der Waals surface area contributed by atoms with Crippen molar-refractivity contribution in [3.63, 3.8) is 0 Å². The number of aliphatic hydroxyl groups excluding tert-OH is 1. The molecule has 4 nitrogen and oxygen atoms in total. The summed E-state index contributed by atoms with van der Waals surface area (Å²) in [5.41, 5.74) is 5.40. The number of rotatable bonds is 23. The monoisotopic (exact) mass is 414 g/mol. The molecule has 176 valence electrons. The molecule has 4 N–H and O–H groups in total. The molecule has 0 saturated carbocycles. The van der Waals surface area contributed by atoms with Gasteiger partial charge in [0.2, 0.25) is 0 Å². The molecule has 1 atom stereocenters. The first-order chi connectivity index (χ1) is 14.2. The van der Waals surface area contributed by atoms with Crippen LogP contribution in [0.3, 0.4) is 0 Å². The number of nitrogens with zero attached hydrogens (tertiary/aromatic N) is 1. The second kappa shape index (κ2) is 21.1. The minimum Gasteiger partial charge on any atom is -0.396 e. The second-order valence-corrected chi connectivity index (χ2v) is 9.01. The number of unbranched alkanes of at least 4 members (excludes halogenated alkanes) is 14. The smallest absolute Gasteiger partial charge is 0.0482 e. The fraction of sp³-hybridized carbons (Fsp3) is 1.00. The Morgan fingerprint density at radius 3 is 1.41 bits per heavy atom. The van der Waals surface area contributed by atoms with Gasteiger partial charge >= 0.3 is 0 Å². The van der Waals surface area contributed by atoms with Gasteiger partial charge in [-0.3, -0.25) is 0 Å². The molecule has 0 aliphatic rings. The maximum Gasteiger partial charge on any atom is 0.0482 e. The molecule has 0 saturated heterocycles. The normalized spacial score (nSPS) is 13.9. The van der Waals surface area contributed by atoms with Gasteiger partial charge in [-0.05, 0) is 32.2 Å². The zero-order chi connectivity index (χ0) is 21.6. The van der Waals surface area contributed by atoms with Crippen molar-refractivity contribution in [2.75, 3.05) is 19.7 Å². The van der Waals surface area contributed by atoms with Gasteiger partial charge in [0.1, 0.15) is 0 Å². The third-order valence-electron chi connectivity index (χ3n) is 6.52. The van der Waals surface area contributed by atoms with E-state index in [2.05, 4.69) is 6.92 Å². The number of hydrogen-bond donors (Lipinski definition) is 3. The summed E-state index contributed by atoms with van der Waals surface area (Å²) in [5.74, 6) is 0. The summed E-state index contributed by atoms with van der Waals surface area (Å²) in [6.45, 7) is 5.62. The molecule has 0 aromatic carbocycles. The van der Waals surface area contributed by atoms with Crippen molar-refractivity contribution < 1.29 is 10.3 Å². The lowest BCUT2D eigenvalue weighted by atomic mass is 9.83. The van der Waals surface area contributed by atoms with Crippen LogP contribution in [0, 0.1) is 0 Å². The largest absolute Gasteiger partial charge is 0.396 e. The van der Waals surface area contributed by atoms with Crippen LogP contribution in [0.1, 0.15) is 136 Å². The van der Waals surface area contributed by atoms with E-state index in [1.807, 2.05) is 6.92 Å². The molecule has 4 heteroatoms. The Morgan fingerprint density at radius 2 is 1.03 bits per heavy atom. The Bertz CT molecular complexity index is 328. The van der Waals surface area contributed by atoms with Crippen LogP contribution in [0.5, 0.6) is 0 Å². The SMILES string of the molecule is CCCCCCCCCCCCCCCCCC(CCO)(CCCN)N(O)CC. The fourth-order valence-electron chi connectivity index (χ4n) is 4.56. The van der Waals surface area contributed by atoms with Gasteiger partial charge in [0, 0.05) is 18.7 Å². The predicted molar refractivity (Wildman–Crippen MR) is 126 cm³/mol. The number of aliphatic hydroxyl groups is 1. The number of hydroxylamine groups is 2. The van der Waals surface area contributed by atoms with E-state index in [1.165, 1.54) is 95.0 Å². The highest BCUT2D eigenvalue weighted by Gasteiger charge is 2.33. The van der Waals surface area contributed by atoms with E-state index in [1.54, 1.807) is 0 Å². The second-order valence-electron chi connectivity index (χ2n) is 9.01. The Kier molecular flexibility index (Phi) is 21.0.